The summed E-state index contributed by atoms with van der Waals surface area (Å²) >= 11 is 0. The SMILES string of the molecule is CCNC(=NCc1cccc(S(=O)(=O)NCCOC)c1)NCc1ccccc1OC.I. The van der Waals surface area contributed by atoms with Crippen LogP contribution in [0.2, 0.25) is 0 Å². The molecular weight excluding hydrogens is 531 g/mol. The number of hydrogen-bond donors (Lipinski definition) is 3. The number of para-hydroxylation sites is 1. The molecule has 31 heavy (non-hydrogen) atoms. The third kappa shape index (κ3) is 9.01. The number of aliphatic imine (C=N–C) groups is 1. The van der Waals surface area contributed by atoms with E-state index in [-0.39, 0.29) is 35.4 Å². The fourth-order valence-corrected chi connectivity index (χ4v) is 3.80. The Morgan fingerprint density at radius 1 is 1.06 bits per heavy atom. The molecule has 0 spiro atoms. The molecule has 0 radical (unpaired) electrons. The Morgan fingerprint density at radius 3 is 2.55 bits per heavy atom. The van der Waals surface area contributed by atoms with Gasteiger partial charge < -0.3 is 20.1 Å². The lowest BCUT2D eigenvalue weighted by Gasteiger charge is -2.13. The van der Waals surface area contributed by atoms with Crippen LogP contribution in [0.5, 0.6) is 5.75 Å². The molecule has 172 valence electrons. The molecule has 0 heterocycles. The van der Waals surface area contributed by atoms with E-state index in [9.17, 15) is 8.42 Å². The van der Waals surface area contributed by atoms with E-state index in [1.165, 1.54) is 7.11 Å². The molecule has 0 unspecified atom stereocenters. The Morgan fingerprint density at radius 2 is 1.84 bits per heavy atom. The number of halogens is 1. The summed E-state index contributed by atoms with van der Waals surface area (Å²) in [6, 6.07) is 14.5. The van der Waals surface area contributed by atoms with Gasteiger partial charge in [0.15, 0.2) is 5.96 Å². The molecule has 0 amide bonds. The van der Waals surface area contributed by atoms with Crippen LogP contribution >= 0.6 is 24.0 Å². The maximum atomic E-state index is 12.4. The van der Waals surface area contributed by atoms with E-state index in [4.69, 9.17) is 9.47 Å². The zero-order valence-electron chi connectivity index (χ0n) is 18.1. The predicted molar refractivity (Wildman–Crippen MR) is 134 cm³/mol. The second kappa shape index (κ2) is 14.2. The molecule has 0 saturated carbocycles. The van der Waals surface area contributed by atoms with Crippen LogP contribution in [-0.4, -0.2) is 48.3 Å². The van der Waals surface area contributed by atoms with Crippen molar-refractivity contribution < 1.29 is 17.9 Å². The minimum atomic E-state index is -3.58. The quantitative estimate of drug-likeness (QED) is 0.169. The average molecular weight is 562 g/mol. The molecule has 2 aromatic rings. The topological polar surface area (TPSA) is 101 Å². The molecular formula is C21H31IN4O4S. The normalized spacial score (nSPS) is 11.5. The summed E-state index contributed by atoms with van der Waals surface area (Å²) in [7, 11) is -0.415. The molecule has 0 bridgehead atoms. The predicted octanol–water partition coefficient (Wildman–Crippen LogP) is 2.49. The van der Waals surface area contributed by atoms with Gasteiger partial charge >= 0.3 is 0 Å². The number of nitrogens with one attached hydrogen (secondary N) is 3. The first-order chi connectivity index (χ1) is 14.5. The zero-order chi connectivity index (χ0) is 21.8. The van der Waals surface area contributed by atoms with E-state index in [1.807, 2.05) is 37.3 Å². The maximum Gasteiger partial charge on any atom is 0.240 e. The van der Waals surface area contributed by atoms with Gasteiger partial charge in [-0.15, -0.1) is 24.0 Å². The Labute approximate surface area is 201 Å². The Kier molecular flexibility index (Phi) is 12.5. The highest BCUT2D eigenvalue weighted by Gasteiger charge is 2.13. The van der Waals surface area contributed by atoms with Crippen molar-refractivity contribution in [2.24, 2.45) is 4.99 Å². The van der Waals surface area contributed by atoms with Gasteiger partial charge in [-0.3, -0.25) is 0 Å². The number of sulfonamides is 1. The van der Waals surface area contributed by atoms with Crippen molar-refractivity contribution in [2.75, 3.05) is 33.9 Å². The highest BCUT2D eigenvalue weighted by atomic mass is 127. The van der Waals surface area contributed by atoms with Gasteiger partial charge in [-0.05, 0) is 30.7 Å². The summed E-state index contributed by atoms with van der Waals surface area (Å²) in [5.41, 5.74) is 1.81. The van der Waals surface area contributed by atoms with E-state index < -0.39 is 10.0 Å². The van der Waals surface area contributed by atoms with Crippen molar-refractivity contribution in [1.29, 1.82) is 0 Å². The van der Waals surface area contributed by atoms with E-state index in [0.717, 1.165) is 16.9 Å². The van der Waals surface area contributed by atoms with Gasteiger partial charge in [0.05, 0.1) is 25.2 Å². The van der Waals surface area contributed by atoms with Crippen LogP contribution in [0.15, 0.2) is 58.4 Å². The molecule has 0 saturated heterocycles. The lowest BCUT2D eigenvalue weighted by Crippen LogP contribution is -2.36. The standard InChI is InChI=1S/C21H30N4O4S.HI/c1-4-22-21(24-16-18-9-5-6-11-20(18)29-3)23-15-17-8-7-10-19(14-17)30(26,27)25-12-13-28-2;/h5-11,14,25H,4,12-13,15-16H2,1-3H3,(H2,22,23,24);1H. The summed E-state index contributed by atoms with van der Waals surface area (Å²) in [5, 5.41) is 6.47. The van der Waals surface area contributed by atoms with Gasteiger partial charge in [0, 0.05) is 32.3 Å². The number of methoxy groups -OCH3 is 2. The Hall–Kier alpha value is -1.89. The molecule has 2 aromatic carbocycles. The van der Waals surface area contributed by atoms with Gasteiger partial charge in [-0.25, -0.2) is 18.1 Å². The number of ether oxygens (including phenoxy) is 2. The molecule has 0 aliphatic heterocycles. The molecule has 0 fully saturated rings. The third-order valence-electron chi connectivity index (χ3n) is 4.21. The van der Waals surface area contributed by atoms with E-state index in [0.29, 0.717) is 32.2 Å². The van der Waals surface area contributed by atoms with E-state index in [1.54, 1.807) is 25.3 Å². The van der Waals surface area contributed by atoms with Crippen LogP contribution in [0.1, 0.15) is 18.1 Å². The number of nitrogens with zero attached hydrogens (tertiary/aromatic N) is 1. The van der Waals surface area contributed by atoms with Gasteiger partial charge in [0.1, 0.15) is 5.75 Å². The third-order valence-corrected chi connectivity index (χ3v) is 5.67. The first-order valence-electron chi connectivity index (χ1n) is 9.71. The molecule has 0 aliphatic carbocycles. The largest absolute Gasteiger partial charge is 0.496 e. The monoisotopic (exact) mass is 562 g/mol. The van der Waals surface area contributed by atoms with Gasteiger partial charge in [-0.2, -0.15) is 0 Å². The number of guanidine groups is 1. The first kappa shape index (κ1) is 27.1. The van der Waals surface area contributed by atoms with Crippen LogP contribution in [0, 0.1) is 0 Å². The average Bonchev–Trinajstić information content (AvgIpc) is 2.76. The summed E-state index contributed by atoms with van der Waals surface area (Å²) in [4.78, 5) is 4.78. The van der Waals surface area contributed by atoms with Gasteiger partial charge in [-0.1, -0.05) is 30.3 Å². The minimum absolute atomic E-state index is 0. The number of benzene rings is 2. The Balaban J connectivity index is 0.00000480. The van der Waals surface area contributed by atoms with Crippen LogP contribution in [0.4, 0.5) is 0 Å². The highest BCUT2D eigenvalue weighted by molar-refractivity contribution is 14.0. The van der Waals surface area contributed by atoms with Crippen molar-refractivity contribution in [1.82, 2.24) is 15.4 Å². The van der Waals surface area contributed by atoms with Crippen molar-refractivity contribution >= 4 is 40.0 Å². The summed E-state index contributed by atoms with van der Waals surface area (Å²) in [5.74, 6) is 1.44. The van der Waals surface area contributed by atoms with Crippen LogP contribution in [-0.2, 0) is 27.8 Å². The maximum absolute atomic E-state index is 12.4. The Bertz CT molecular complexity index is 938. The van der Waals surface area contributed by atoms with Crippen LogP contribution < -0.4 is 20.1 Å². The zero-order valence-corrected chi connectivity index (χ0v) is 21.2. The van der Waals surface area contributed by atoms with E-state index in [2.05, 4.69) is 20.3 Å². The van der Waals surface area contributed by atoms with Gasteiger partial charge in [0.2, 0.25) is 10.0 Å². The fraction of sp³-hybridized carbons (Fsp3) is 0.381. The van der Waals surface area contributed by atoms with Gasteiger partial charge in [0.25, 0.3) is 0 Å². The molecule has 2 rings (SSSR count). The summed E-state index contributed by atoms with van der Waals surface area (Å²) in [6.45, 7) is 4.11. The van der Waals surface area contributed by atoms with Crippen molar-refractivity contribution in [3.63, 3.8) is 0 Å². The van der Waals surface area contributed by atoms with Crippen molar-refractivity contribution in [3.05, 3.63) is 59.7 Å². The summed E-state index contributed by atoms with van der Waals surface area (Å²) < 4.78 is 37.5. The second-order valence-electron chi connectivity index (χ2n) is 6.40. The highest BCUT2D eigenvalue weighted by Crippen LogP contribution is 2.16. The molecule has 0 aliphatic rings. The van der Waals surface area contributed by atoms with Crippen molar-refractivity contribution in [3.8, 4) is 5.75 Å². The molecule has 10 heteroatoms. The van der Waals surface area contributed by atoms with Crippen molar-refractivity contribution in [2.45, 2.75) is 24.9 Å². The lowest BCUT2D eigenvalue weighted by atomic mass is 10.2. The number of hydrogen-bond acceptors (Lipinski definition) is 5. The van der Waals surface area contributed by atoms with E-state index >= 15 is 0 Å². The minimum Gasteiger partial charge on any atom is -0.496 e. The van der Waals surface area contributed by atoms with Crippen LogP contribution in [0.3, 0.4) is 0 Å². The lowest BCUT2D eigenvalue weighted by molar-refractivity contribution is 0.204. The summed E-state index contributed by atoms with van der Waals surface area (Å²) in [6.07, 6.45) is 0. The molecule has 8 nitrogen and oxygen atoms in total. The van der Waals surface area contributed by atoms with Crippen LogP contribution in [0.25, 0.3) is 0 Å². The molecule has 3 N–H and O–H groups in total. The smallest absolute Gasteiger partial charge is 0.240 e. The first-order valence-corrected chi connectivity index (χ1v) is 11.2. The number of rotatable bonds is 11. The molecule has 0 aromatic heterocycles. The fourth-order valence-electron chi connectivity index (χ4n) is 2.71. The second-order valence-corrected chi connectivity index (χ2v) is 8.17. The molecule has 0 atom stereocenters.